The Labute approximate surface area is 381 Å². The highest BCUT2D eigenvalue weighted by Crippen LogP contribution is 2.42. The smallest absolute Gasteiger partial charge is 0.197 e. The Kier molecular flexibility index (Phi) is 13.2. The molecule has 7 aromatic carbocycles. The summed E-state index contributed by atoms with van der Waals surface area (Å²) in [5, 5.41) is 21.2. The number of ether oxygens (including phenoxy) is 2. The summed E-state index contributed by atoms with van der Waals surface area (Å²) in [5.74, 6) is 1.49. The molecule has 3 atom stereocenters. The van der Waals surface area contributed by atoms with Gasteiger partial charge in [0.05, 0.1) is 6.10 Å². The highest BCUT2D eigenvalue weighted by Gasteiger charge is 2.25. The Hall–Kier alpha value is -6.10. The number of rotatable bonds is 12. The minimum absolute atomic E-state index is 0.0319. The molecule has 0 aliphatic heterocycles. The highest BCUT2D eigenvalue weighted by atomic mass is 16.7. The van der Waals surface area contributed by atoms with Crippen LogP contribution in [-0.2, 0) is 4.74 Å². The molecule has 0 spiro atoms. The molecular formula is C60H64O4. The Morgan fingerprint density at radius 2 is 0.906 bits per heavy atom. The lowest BCUT2D eigenvalue weighted by Gasteiger charge is -2.28. The molecular weight excluding hydrogens is 785 g/mol. The van der Waals surface area contributed by atoms with Gasteiger partial charge in [-0.2, -0.15) is 0 Å². The van der Waals surface area contributed by atoms with Crippen LogP contribution in [0.5, 0.6) is 17.2 Å². The van der Waals surface area contributed by atoms with E-state index in [0.717, 1.165) is 74.2 Å². The van der Waals surface area contributed by atoms with Crippen molar-refractivity contribution in [3.05, 3.63) is 205 Å². The number of phenols is 2. The van der Waals surface area contributed by atoms with Crippen molar-refractivity contribution in [3.63, 3.8) is 0 Å². The van der Waals surface area contributed by atoms with Gasteiger partial charge in [-0.3, -0.25) is 0 Å². The molecule has 0 radical (unpaired) electrons. The highest BCUT2D eigenvalue weighted by molar-refractivity contribution is 5.74. The Morgan fingerprint density at radius 1 is 0.438 bits per heavy atom. The first-order chi connectivity index (χ1) is 30.7. The summed E-state index contributed by atoms with van der Waals surface area (Å²) < 4.78 is 12.8. The third-order valence-corrected chi connectivity index (χ3v) is 13.7. The molecule has 0 bridgehead atoms. The molecule has 7 aromatic rings. The van der Waals surface area contributed by atoms with E-state index < -0.39 is 0 Å². The van der Waals surface area contributed by atoms with Gasteiger partial charge in [0.1, 0.15) is 17.2 Å². The molecule has 0 aromatic heterocycles. The van der Waals surface area contributed by atoms with Crippen LogP contribution in [-0.4, -0.2) is 22.6 Å². The molecule has 0 heterocycles. The molecule has 4 heteroatoms. The van der Waals surface area contributed by atoms with E-state index in [2.05, 4.69) is 157 Å². The van der Waals surface area contributed by atoms with Gasteiger partial charge in [-0.1, -0.05) is 128 Å². The quantitative estimate of drug-likeness (QED) is 0.0950. The summed E-state index contributed by atoms with van der Waals surface area (Å²) in [4.78, 5) is 0. The standard InChI is InChI=1S/C60H64O4/c1-36-18-19-37(2)52(28-36)59(53-29-41(6)56(61)32-38(53)3)47-24-20-45(21-25-47)49-14-13-15-50(35-49)46-22-26-48(27-23-46)60(54-30-42(7)57(62)33-39(54)4)55-31-43(8)58(34-40(55)5)64-44(9)63-51-16-11-10-12-17-51/h13-15,18-35,44,51,59-62H,10-12,16-17H2,1-9H3. The molecule has 1 saturated carbocycles. The zero-order chi connectivity index (χ0) is 45.2. The van der Waals surface area contributed by atoms with Crippen molar-refractivity contribution in [2.75, 3.05) is 0 Å². The lowest BCUT2D eigenvalue weighted by molar-refractivity contribution is -0.117. The van der Waals surface area contributed by atoms with Crippen molar-refractivity contribution in [1.29, 1.82) is 0 Å². The molecule has 8 rings (SSSR count). The summed E-state index contributed by atoms with van der Waals surface area (Å²) in [6, 6.07) is 46.1. The fraction of sp³-hybridized carbons (Fsp3) is 0.300. The van der Waals surface area contributed by atoms with Crippen LogP contribution in [0.1, 0.15) is 129 Å². The first-order valence-corrected chi connectivity index (χ1v) is 23.2. The van der Waals surface area contributed by atoms with Crippen molar-refractivity contribution < 1.29 is 19.7 Å². The minimum Gasteiger partial charge on any atom is -0.508 e. The molecule has 1 aliphatic carbocycles. The van der Waals surface area contributed by atoms with E-state index in [1.165, 1.54) is 63.8 Å². The van der Waals surface area contributed by atoms with E-state index in [-0.39, 0.29) is 24.2 Å². The summed E-state index contributed by atoms with van der Waals surface area (Å²) in [6.07, 6.45) is 5.91. The predicted molar refractivity (Wildman–Crippen MR) is 264 cm³/mol. The maximum absolute atomic E-state index is 10.7. The lowest BCUT2D eigenvalue weighted by atomic mass is 9.79. The Balaban J connectivity index is 1.09. The van der Waals surface area contributed by atoms with Crippen LogP contribution in [0.3, 0.4) is 0 Å². The van der Waals surface area contributed by atoms with Gasteiger partial charge in [-0.15, -0.1) is 0 Å². The molecule has 1 fully saturated rings. The normalized spacial score (nSPS) is 14.6. The van der Waals surface area contributed by atoms with Gasteiger partial charge in [0.25, 0.3) is 0 Å². The fourth-order valence-corrected chi connectivity index (χ4v) is 9.94. The van der Waals surface area contributed by atoms with Crippen molar-refractivity contribution in [2.45, 2.75) is 119 Å². The summed E-state index contributed by atoms with van der Waals surface area (Å²) in [6.45, 7) is 18.8. The number of hydrogen-bond donors (Lipinski definition) is 2. The van der Waals surface area contributed by atoms with Crippen LogP contribution >= 0.6 is 0 Å². The van der Waals surface area contributed by atoms with E-state index in [9.17, 15) is 10.2 Å². The first kappa shape index (κ1) is 44.5. The number of aryl methyl sites for hydroxylation is 8. The molecule has 1 aliphatic rings. The van der Waals surface area contributed by atoms with Crippen molar-refractivity contribution in [2.24, 2.45) is 0 Å². The summed E-state index contributed by atoms with van der Waals surface area (Å²) in [5.41, 5.74) is 20.5. The Bertz CT molecular complexity index is 2770. The molecule has 2 N–H and O–H groups in total. The van der Waals surface area contributed by atoms with Gasteiger partial charge in [-0.05, 0) is 194 Å². The molecule has 0 amide bonds. The van der Waals surface area contributed by atoms with Crippen LogP contribution in [0.2, 0.25) is 0 Å². The van der Waals surface area contributed by atoms with Gasteiger partial charge in [-0.25, -0.2) is 0 Å². The van der Waals surface area contributed by atoms with Gasteiger partial charge < -0.3 is 19.7 Å². The summed E-state index contributed by atoms with van der Waals surface area (Å²) >= 11 is 0. The minimum atomic E-state index is -0.318. The van der Waals surface area contributed by atoms with Crippen molar-refractivity contribution in [3.8, 4) is 39.5 Å². The van der Waals surface area contributed by atoms with E-state index in [1.54, 1.807) is 0 Å². The fourth-order valence-electron chi connectivity index (χ4n) is 9.94. The van der Waals surface area contributed by atoms with Crippen LogP contribution in [0, 0.1) is 55.4 Å². The largest absolute Gasteiger partial charge is 0.508 e. The second kappa shape index (κ2) is 18.9. The van der Waals surface area contributed by atoms with E-state index in [4.69, 9.17) is 9.47 Å². The first-order valence-electron chi connectivity index (χ1n) is 23.2. The number of aromatic hydroxyl groups is 2. The maximum atomic E-state index is 10.7. The predicted octanol–water partition coefficient (Wildman–Crippen LogP) is 15.3. The third kappa shape index (κ3) is 9.54. The lowest BCUT2D eigenvalue weighted by Crippen LogP contribution is -2.26. The third-order valence-electron chi connectivity index (χ3n) is 13.7. The number of benzene rings is 7. The Morgan fingerprint density at radius 3 is 1.42 bits per heavy atom. The number of hydrogen-bond acceptors (Lipinski definition) is 4. The zero-order valence-electron chi connectivity index (χ0n) is 39.2. The van der Waals surface area contributed by atoms with Crippen LogP contribution in [0.15, 0.2) is 127 Å². The topological polar surface area (TPSA) is 58.9 Å². The van der Waals surface area contributed by atoms with Gasteiger partial charge in [0.15, 0.2) is 6.29 Å². The SMILES string of the molecule is Cc1ccc(C)c(C(c2ccc(-c3cccc(-c4ccc(C(c5cc(C)c(O)cc5C)c5cc(C)c(OC(C)OC6CCCCC6)cc5C)cc4)c3)cc2)c2cc(C)c(O)cc2C)c1. The average Bonchev–Trinajstić information content (AvgIpc) is 3.28. The monoisotopic (exact) mass is 848 g/mol. The summed E-state index contributed by atoms with van der Waals surface area (Å²) in [7, 11) is 0. The van der Waals surface area contributed by atoms with Gasteiger partial charge in [0.2, 0.25) is 0 Å². The maximum Gasteiger partial charge on any atom is 0.197 e. The molecule has 4 nitrogen and oxygen atoms in total. The van der Waals surface area contributed by atoms with Crippen molar-refractivity contribution in [1.82, 2.24) is 0 Å². The second-order valence-electron chi connectivity index (χ2n) is 18.6. The van der Waals surface area contributed by atoms with Crippen LogP contribution in [0.25, 0.3) is 22.3 Å². The van der Waals surface area contributed by atoms with E-state index in [1.807, 2.05) is 32.9 Å². The van der Waals surface area contributed by atoms with Gasteiger partial charge in [0, 0.05) is 11.8 Å². The number of phenolic OH excluding ortho intramolecular Hbond substituents is 2. The van der Waals surface area contributed by atoms with Crippen LogP contribution < -0.4 is 4.74 Å². The molecule has 328 valence electrons. The molecule has 64 heavy (non-hydrogen) atoms. The van der Waals surface area contributed by atoms with Crippen molar-refractivity contribution >= 4 is 0 Å². The van der Waals surface area contributed by atoms with E-state index >= 15 is 0 Å². The van der Waals surface area contributed by atoms with Gasteiger partial charge >= 0.3 is 0 Å². The van der Waals surface area contributed by atoms with E-state index in [0.29, 0.717) is 11.5 Å². The molecule has 0 saturated heterocycles. The zero-order valence-corrected chi connectivity index (χ0v) is 39.2. The second-order valence-corrected chi connectivity index (χ2v) is 18.6. The average molecular weight is 849 g/mol. The van der Waals surface area contributed by atoms with Crippen LogP contribution in [0.4, 0.5) is 0 Å². The molecule has 3 unspecified atom stereocenters.